The van der Waals surface area contributed by atoms with Crippen molar-refractivity contribution in [1.29, 1.82) is 0 Å². The maximum Gasteiger partial charge on any atom is 0.0204 e. The minimum atomic E-state index is 0.759. The summed E-state index contributed by atoms with van der Waals surface area (Å²) in [6.45, 7) is 8.91. The molecule has 0 saturated carbocycles. The lowest BCUT2D eigenvalue weighted by Gasteiger charge is -1.97. The maximum absolute atomic E-state index is 2.26. The molecule has 0 aromatic rings. The number of rotatable bonds is 0. The van der Waals surface area contributed by atoms with Crippen LogP contribution in [0.3, 0.4) is 0 Å². The van der Waals surface area contributed by atoms with Crippen molar-refractivity contribution < 1.29 is 0 Å². The van der Waals surface area contributed by atoms with E-state index in [1.165, 1.54) is 0 Å². The van der Waals surface area contributed by atoms with E-state index in [1.807, 2.05) is 23.5 Å². The highest BCUT2D eigenvalue weighted by molar-refractivity contribution is 8.01. The molecule has 2 rings (SSSR count). The minimum Gasteiger partial charge on any atom is -0.147 e. The Balaban J connectivity index is 0.000000140. The van der Waals surface area contributed by atoms with Crippen LogP contribution in [-0.2, 0) is 0 Å². The van der Waals surface area contributed by atoms with Crippen LogP contribution in [0.5, 0.6) is 0 Å². The Morgan fingerprint density at radius 3 is 0.857 bits per heavy atom. The molecule has 0 bridgehead atoms. The number of thioether (sulfide) groups is 2. The van der Waals surface area contributed by atoms with Crippen molar-refractivity contribution in [3.05, 3.63) is 24.3 Å². The van der Waals surface area contributed by atoms with Crippen LogP contribution in [0.2, 0.25) is 0 Å². The molecule has 4 atom stereocenters. The van der Waals surface area contributed by atoms with Crippen LogP contribution in [0.25, 0.3) is 0 Å². The number of hydrogen-bond acceptors (Lipinski definition) is 2. The molecule has 0 aromatic carbocycles. The summed E-state index contributed by atoms with van der Waals surface area (Å²) in [6.07, 6.45) is 9.04. The highest BCUT2D eigenvalue weighted by Gasteiger charge is 2.09. The van der Waals surface area contributed by atoms with Crippen molar-refractivity contribution in [2.75, 3.05) is 0 Å². The molecule has 0 aliphatic carbocycles. The van der Waals surface area contributed by atoms with Crippen LogP contribution < -0.4 is 0 Å². The van der Waals surface area contributed by atoms with Crippen molar-refractivity contribution in [2.45, 2.75) is 48.7 Å². The lowest BCUT2D eigenvalue weighted by Crippen LogP contribution is -1.86. The molecule has 0 saturated heterocycles. The third-order valence-corrected chi connectivity index (χ3v) is 4.51. The van der Waals surface area contributed by atoms with E-state index in [0.29, 0.717) is 0 Å². The smallest absolute Gasteiger partial charge is 0.0204 e. The Hall–Kier alpha value is 0.180. The zero-order valence-electron chi connectivity index (χ0n) is 9.44. The van der Waals surface area contributed by atoms with Gasteiger partial charge in [-0.05, 0) is 27.7 Å². The lowest BCUT2D eigenvalue weighted by atomic mass is 10.4. The first-order valence-electron chi connectivity index (χ1n) is 5.25. The summed E-state index contributed by atoms with van der Waals surface area (Å²) in [5, 5.41) is 3.04. The molecule has 14 heavy (non-hydrogen) atoms. The summed E-state index contributed by atoms with van der Waals surface area (Å²) < 4.78 is 0. The van der Waals surface area contributed by atoms with Crippen LogP contribution >= 0.6 is 23.5 Å². The van der Waals surface area contributed by atoms with Crippen molar-refractivity contribution >= 4 is 23.5 Å². The molecule has 2 aliphatic rings. The first-order chi connectivity index (χ1) is 6.58. The van der Waals surface area contributed by atoms with Gasteiger partial charge in [0.05, 0.1) is 0 Å². The maximum atomic E-state index is 2.26. The summed E-state index contributed by atoms with van der Waals surface area (Å²) in [4.78, 5) is 0. The highest BCUT2D eigenvalue weighted by Crippen LogP contribution is 2.26. The quantitative estimate of drug-likeness (QED) is 0.572. The van der Waals surface area contributed by atoms with Crippen LogP contribution in [0, 0.1) is 0 Å². The molecule has 2 aliphatic heterocycles. The van der Waals surface area contributed by atoms with E-state index in [2.05, 4.69) is 52.0 Å². The molecule has 4 unspecified atom stereocenters. The Morgan fingerprint density at radius 1 is 0.571 bits per heavy atom. The Labute approximate surface area is 96.6 Å². The van der Waals surface area contributed by atoms with Gasteiger partial charge in [-0.2, -0.15) is 0 Å². The normalized spacial score (nSPS) is 39.7. The number of hydrogen-bond donors (Lipinski definition) is 0. The molecule has 2 heterocycles. The predicted octanol–water partition coefficient (Wildman–Crippen LogP) is 4.13. The Morgan fingerprint density at radius 2 is 0.786 bits per heavy atom. The van der Waals surface area contributed by atoms with Gasteiger partial charge in [0.25, 0.3) is 0 Å². The van der Waals surface area contributed by atoms with Crippen molar-refractivity contribution in [2.24, 2.45) is 0 Å². The first kappa shape index (κ1) is 12.3. The van der Waals surface area contributed by atoms with Crippen LogP contribution in [0.15, 0.2) is 24.3 Å². The van der Waals surface area contributed by atoms with Gasteiger partial charge in [0, 0.05) is 21.0 Å². The molecule has 0 nitrogen and oxygen atoms in total. The van der Waals surface area contributed by atoms with Gasteiger partial charge >= 0.3 is 0 Å². The summed E-state index contributed by atoms with van der Waals surface area (Å²) in [6, 6.07) is 0. The molecule has 0 radical (unpaired) electrons. The highest BCUT2D eigenvalue weighted by atomic mass is 32.2. The van der Waals surface area contributed by atoms with E-state index in [4.69, 9.17) is 0 Å². The monoisotopic (exact) mass is 228 g/mol. The predicted molar refractivity (Wildman–Crippen MR) is 71.3 cm³/mol. The standard InChI is InChI=1S/2C6H10S/c2*1-5-3-4-6(2)7-5/h2*3-6H,1-2H3. The van der Waals surface area contributed by atoms with Gasteiger partial charge in [-0.1, -0.05) is 24.3 Å². The van der Waals surface area contributed by atoms with Crippen LogP contribution in [0.1, 0.15) is 27.7 Å². The van der Waals surface area contributed by atoms with Gasteiger partial charge in [-0.15, -0.1) is 23.5 Å². The average Bonchev–Trinajstić information content (AvgIpc) is 2.63. The van der Waals surface area contributed by atoms with Crippen molar-refractivity contribution in [3.8, 4) is 0 Å². The SMILES string of the molecule is CC1C=CC(C)S1.CC1C=CC(C)S1. The molecule has 0 aromatic heterocycles. The second-order valence-electron chi connectivity index (χ2n) is 3.86. The minimum absolute atomic E-state index is 0.759. The molecule has 2 heteroatoms. The van der Waals surface area contributed by atoms with E-state index >= 15 is 0 Å². The van der Waals surface area contributed by atoms with Crippen molar-refractivity contribution in [3.63, 3.8) is 0 Å². The van der Waals surface area contributed by atoms with Gasteiger partial charge < -0.3 is 0 Å². The summed E-state index contributed by atoms with van der Waals surface area (Å²) in [5.41, 5.74) is 0. The van der Waals surface area contributed by atoms with E-state index in [0.717, 1.165) is 21.0 Å². The molecular formula is C12H20S2. The summed E-state index contributed by atoms with van der Waals surface area (Å²) in [5.74, 6) is 0. The third-order valence-electron chi connectivity index (χ3n) is 2.16. The average molecular weight is 228 g/mol. The van der Waals surface area contributed by atoms with E-state index in [1.54, 1.807) is 0 Å². The van der Waals surface area contributed by atoms with Crippen LogP contribution in [0.4, 0.5) is 0 Å². The third kappa shape index (κ3) is 4.61. The molecule has 0 N–H and O–H groups in total. The molecule has 0 fully saturated rings. The molecule has 80 valence electrons. The van der Waals surface area contributed by atoms with Gasteiger partial charge in [0.1, 0.15) is 0 Å². The fraction of sp³-hybridized carbons (Fsp3) is 0.667. The van der Waals surface area contributed by atoms with Gasteiger partial charge in [0.2, 0.25) is 0 Å². The summed E-state index contributed by atoms with van der Waals surface area (Å²) >= 11 is 4.02. The molecule has 0 amide bonds. The fourth-order valence-corrected chi connectivity index (χ4v) is 3.56. The lowest BCUT2D eigenvalue weighted by molar-refractivity contribution is 1.27. The fourth-order valence-electron chi connectivity index (χ4n) is 1.48. The molecule has 0 spiro atoms. The second-order valence-corrected chi connectivity index (χ2v) is 7.38. The van der Waals surface area contributed by atoms with E-state index < -0.39 is 0 Å². The zero-order chi connectivity index (χ0) is 10.6. The van der Waals surface area contributed by atoms with Gasteiger partial charge in [-0.3, -0.25) is 0 Å². The zero-order valence-corrected chi connectivity index (χ0v) is 11.1. The first-order valence-corrected chi connectivity index (χ1v) is 7.14. The molecular weight excluding hydrogens is 208 g/mol. The van der Waals surface area contributed by atoms with Gasteiger partial charge in [0.15, 0.2) is 0 Å². The van der Waals surface area contributed by atoms with E-state index in [9.17, 15) is 0 Å². The van der Waals surface area contributed by atoms with Crippen molar-refractivity contribution in [1.82, 2.24) is 0 Å². The van der Waals surface area contributed by atoms with Gasteiger partial charge in [-0.25, -0.2) is 0 Å². The van der Waals surface area contributed by atoms with Crippen LogP contribution in [-0.4, -0.2) is 21.0 Å². The van der Waals surface area contributed by atoms with E-state index in [-0.39, 0.29) is 0 Å². The Bertz CT molecular complexity index is 176. The largest absolute Gasteiger partial charge is 0.147 e. The topological polar surface area (TPSA) is 0 Å². The second kappa shape index (κ2) is 5.92. The Kier molecular flexibility index (Phi) is 5.18. The summed E-state index contributed by atoms with van der Waals surface area (Å²) in [7, 11) is 0.